The monoisotopic (exact) mass is 389 g/mol. The van der Waals surface area contributed by atoms with Crippen LogP contribution in [0.1, 0.15) is 34.2 Å². The van der Waals surface area contributed by atoms with Crippen molar-refractivity contribution in [1.82, 2.24) is 4.98 Å². The van der Waals surface area contributed by atoms with Crippen LogP contribution in [-0.4, -0.2) is 28.9 Å². The molecule has 2 aromatic heterocycles. The number of pyridine rings is 1. The first-order valence-electron chi connectivity index (χ1n) is 9.38. The molecule has 0 radical (unpaired) electrons. The fourth-order valence-electron chi connectivity index (χ4n) is 3.51. The lowest BCUT2D eigenvalue weighted by atomic mass is 9.98. The maximum atomic E-state index is 12.7. The third-order valence-corrected chi connectivity index (χ3v) is 4.88. The average Bonchev–Trinajstić information content (AvgIpc) is 3.06. The summed E-state index contributed by atoms with van der Waals surface area (Å²) in [4.78, 5) is 20.1. The predicted molar refractivity (Wildman–Crippen MR) is 111 cm³/mol. The van der Waals surface area contributed by atoms with E-state index in [1.54, 1.807) is 26.3 Å². The topological polar surface area (TPSA) is 86.5 Å². The van der Waals surface area contributed by atoms with Crippen LogP contribution >= 0.6 is 0 Å². The molecule has 0 fully saturated rings. The van der Waals surface area contributed by atoms with Crippen LogP contribution in [0.3, 0.4) is 0 Å². The second-order valence-corrected chi connectivity index (χ2v) is 6.72. The molecule has 2 aromatic carbocycles. The van der Waals surface area contributed by atoms with Crippen molar-refractivity contribution in [2.45, 2.75) is 20.8 Å². The first-order chi connectivity index (χ1) is 14.0. The van der Waals surface area contributed by atoms with Crippen molar-refractivity contribution in [3.05, 3.63) is 65.0 Å². The quantitative estimate of drug-likeness (QED) is 0.413. The highest BCUT2D eigenvalue weighted by molar-refractivity contribution is 6.20. The largest absolute Gasteiger partial charge is 0.507 e. The molecular formula is C23H21N2O4+. The van der Waals surface area contributed by atoms with Crippen LogP contribution in [0.5, 0.6) is 5.75 Å². The van der Waals surface area contributed by atoms with Crippen molar-refractivity contribution in [2.24, 2.45) is 0 Å². The van der Waals surface area contributed by atoms with E-state index in [-0.39, 0.29) is 12.4 Å². The van der Waals surface area contributed by atoms with Crippen LogP contribution < -0.4 is 4.99 Å². The number of rotatable bonds is 4. The minimum absolute atomic E-state index is 0.0560. The maximum Gasteiger partial charge on any atom is 0.342 e. The molecule has 2 N–H and O–H groups in total. The molecule has 0 bridgehead atoms. The number of furan rings is 1. The highest BCUT2D eigenvalue weighted by Crippen LogP contribution is 2.40. The standard InChI is InChI=1S/C23H20N2O4/c1-4-28-23(27)18-14(3)29-21-16-10-6-5-9-15(16)20(26)17(19(18)21)12-25-22-13(2)8-7-11-24-22/h5-12,26H,4H2,1-3H3/p+1/b25-12+. The Morgan fingerprint density at radius 2 is 1.97 bits per heavy atom. The van der Waals surface area contributed by atoms with Crippen molar-refractivity contribution in [2.75, 3.05) is 6.61 Å². The minimum atomic E-state index is -0.484. The van der Waals surface area contributed by atoms with Crippen molar-refractivity contribution >= 4 is 39.7 Å². The van der Waals surface area contributed by atoms with E-state index in [4.69, 9.17) is 9.15 Å². The van der Waals surface area contributed by atoms with Gasteiger partial charge in [0.05, 0.1) is 23.8 Å². The molecule has 0 saturated heterocycles. The molecule has 0 atom stereocenters. The number of aryl methyl sites for hydroxylation is 2. The number of hydrogen-bond donors (Lipinski definition) is 2. The summed E-state index contributed by atoms with van der Waals surface area (Å²) < 4.78 is 11.2. The van der Waals surface area contributed by atoms with Gasteiger partial charge in [0.2, 0.25) is 0 Å². The molecule has 4 aromatic rings. The van der Waals surface area contributed by atoms with E-state index in [1.165, 1.54) is 0 Å². The number of fused-ring (bicyclic) bond motifs is 3. The summed E-state index contributed by atoms with van der Waals surface area (Å²) in [7, 11) is 0. The minimum Gasteiger partial charge on any atom is -0.507 e. The van der Waals surface area contributed by atoms with Gasteiger partial charge in [-0.05, 0) is 37.9 Å². The summed E-state index contributed by atoms with van der Waals surface area (Å²) in [5, 5.41) is 12.9. The first-order valence-corrected chi connectivity index (χ1v) is 9.38. The van der Waals surface area contributed by atoms with Crippen LogP contribution in [0.25, 0.3) is 21.7 Å². The summed E-state index contributed by atoms with van der Waals surface area (Å²) in [5.74, 6) is 0.673. The van der Waals surface area contributed by atoms with E-state index in [9.17, 15) is 9.90 Å². The molecule has 6 nitrogen and oxygen atoms in total. The van der Waals surface area contributed by atoms with Crippen molar-refractivity contribution in [3.63, 3.8) is 0 Å². The molecule has 146 valence electrons. The van der Waals surface area contributed by atoms with Gasteiger partial charge in [-0.15, -0.1) is 0 Å². The lowest BCUT2D eigenvalue weighted by Gasteiger charge is -2.07. The van der Waals surface area contributed by atoms with Crippen LogP contribution in [0, 0.1) is 13.8 Å². The zero-order valence-corrected chi connectivity index (χ0v) is 16.4. The van der Waals surface area contributed by atoms with E-state index in [0.717, 1.165) is 10.9 Å². The number of hydrogen-bond acceptors (Lipinski definition) is 5. The van der Waals surface area contributed by atoms with Crippen molar-refractivity contribution < 1.29 is 24.0 Å². The molecule has 0 spiro atoms. The SMILES string of the molecule is CCOC(=O)c1c(C)oc2c1c(/C=[NH+]/c1ncccc1C)c(O)c1ccccc12. The lowest BCUT2D eigenvalue weighted by molar-refractivity contribution is -0.352. The Kier molecular flexibility index (Phi) is 4.76. The summed E-state index contributed by atoms with van der Waals surface area (Å²) in [6, 6.07) is 11.2. The van der Waals surface area contributed by atoms with Gasteiger partial charge in [-0.1, -0.05) is 24.3 Å². The van der Waals surface area contributed by atoms with Crippen LogP contribution in [0.2, 0.25) is 0 Å². The van der Waals surface area contributed by atoms with Crippen LogP contribution in [0.4, 0.5) is 5.82 Å². The fourth-order valence-corrected chi connectivity index (χ4v) is 3.51. The van der Waals surface area contributed by atoms with Gasteiger partial charge < -0.3 is 14.3 Å². The van der Waals surface area contributed by atoms with E-state index < -0.39 is 5.97 Å². The molecule has 0 saturated carbocycles. The van der Waals surface area contributed by atoms with Gasteiger partial charge in [0, 0.05) is 16.3 Å². The highest BCUT2D eigenvalue weighted by atomic mass is 16.5. The number of nitrogens with zero attached hydrogens (tertiary/aromatic N) is 1. The van der Waals surface area contributed by atoms with Gasteiger partial charge in [0.1, 0.15) is 28.9 Å². The molecule has 2 heterocycles. The number of benzene rings is 2. The molecule has 0 unspecified atom stereocenters. The maximum absolute atomic E-state index is 12.7. The van der Waals surface area contributed by atoms with E-state index in [1.807, 2.05) is 43.3 Å². The smallest absolute Gasteiger partial charge is 0.342 e. The number of esters is 1. The van der Waals surface area contributed by atoms with Gasteiger partial charge in [0.25, 0.3) is 0 Å². The molecule has 0 amide bonds. The number of phenols is 1. The molecule has 4 rings (SSSR count). The van der Waals surface area contributed by atoms with Gasteiger partial charge >= 0.3 is 11.8 Å². The van der Waals surface area contributed by atoms with E-state index in [0.29, 0.717) is 39.1 Å². The normalized spacial score (nSPS) is 11.6. The van der Waals surface area contributed by atoms with E-state index in [2.05, 4.69) is 9.98 Å². The van der Waals surface area contributed by atoms with Gasteiger partial charge in [-0.3, -0.25) is 0 Å². The summed E-state index contributed by atoms with van der Waals surface area (Å²) >= 11 is 0. The molecule has 0 aliphatic rings. The molecule has 6 heteroatoms. The second-order valence-electron chi connectivity index (χ2n) is 6.72. The predicted octanol–water partition coefficient (Wildman–Crippen LogP) is 3.31. The number of nitrogens with one attached hydrogen (secondary N) is 1. The number of carbonyl (C=O) groups excluding carboxylic acids is 1. The zero-order chi connectivity index (χ0) is 20.5. The number of aromatic hydroxyl groups is 1. The Bertz CT molecular complexity index is 1270. The first kappa shape index (κ1) is 18.7. The Morgan fingerprint density at radius 1 is 1.21 bits per heavy atom. The average molecular weight is 389 g/mol. The number of aromatic nitrogens is 1. The van der Waals surface area contributed by atoms with Gasteiger partial charge in [0.15, 0.2) is 0 Å². The second kappa shape index (κ2) is 7.39. The Labute approximate surface area is 167 Å². The molecular weight excluding hydrogens is 368 g/mol. The summed E-state index contributed by atoms with van der Waals surface area (Å²) in [5.41, 5.74) is 2.25. The summed E-state index contributed by atoms with van der Waals surface area (Å²) in [6.07, 6.45) is 3.34. The number of phenolic OH excluding ortho intramolecular Hbond substituents is 1. The van der Waals surface area contributed by atoms with Crippen LogP contribution in [-0.2, 0) is 4.74 Å². The highest BCUT2D eigenvalue weighted by Gasteiger charge is 2.26. The Morgan fingerprint density at radius 3 is 2.69 bits per heavy atom. The fraction of sp³-hybridized carbons (Fsp3) is 0.174. The summed E-state index contributed by atoms with van der Waals surface area (Å²) in [6.45, 7) is 5.65. The van der Waals surface area contributed by atoms with Gasteiger partial charge in [-0.2, -0.15) is 0 Å². The Balaban J connectivity index is 2.06. The molecule has 0 aliphatic heterocycles. The Hall–Kier alpha value is -3.67. The number of ether oxygens (including phenoxy) is 1. The third-order valence-electron chi connectivity index (χ3n) is 4.88. The van der Waals surface area contributed by atoms with Gasteiger partial charge in [-0.25, -0.2) is 9.79 Å². The van der Waals surface area contributed by atoms with E-state index >= 15 is 0 Å². The number of carbonyl (C=O) groups is 1. The third kappa shape index (κ3) is 3.12. The van der Waals surface area contributed by atoms with Crippen molar-refractivity contribution in [1.29, 1.82) is 0 Å². The molecule has 0 aliphatic carbocycles. The lowest BCUT2D eigenvalue weighted by Crippen LogP contribution is -2.62. The zero-order valence-electron chi connectivity index (χ0n) is 16.4. The van der Waals surface area contributed by atoms with Crippen LogP contribution in [0.15, 0.2) is 47.0 Å². The molecule has 29 heavy (non-hydrogen) atoms. The van der Waals surface area contributed by atoms with Crippen molar-refractivity contribution in [3.8, 4) is 5.75 Å².